The van der Waals surface area contributed by atoms with Crippen LogP contribution in [0.3, 0.4) is 0 Å². The van der Waals surface area contributed by atoms with Crippen LogP contribution in [0.4, 0.5) is 5.69 Å². The molecule has 5 rings (SSSR count). The number of rotatable bonds is 10. The summed E-state index contributed by atoms with van der Waals surface area (Å²) >= 11 is 1.63. The minimum Gasteiger partial charge on any atom is -0.497 e. The van der Waals surface area contributed by atoms with Crippen molar-refractivity contribution in [3.63, 3.8) is 0 Å². The Morgan fingerprint density at radius 3 is 2.42 bits per heavy atom. The molecular formula is C31H39N3O5S. The van der Waals surface area contributed by atoms with E-state index in [1.807, 2.05) is 44.2 Å². The second kappa shape index (κ2) is 11.1. The quantitative estimate of drug-likeness (QED) is 0.404. The van der Waals surface area contributed by atoms with Crippen LogP contribution in [0.1, 0.15) is 45.6 Å². The molecule has 3 heterocycles. The van der Waals surface area contributed by atoms with Gasteiger partial charge in [0.05, 0.1) is 36.3 Å². The summed E-state index contributed by atoms with van der Waals surface area (Å²) in [6, 6.07) is 15.5. The Kier molecular flexibility index (Phi) is 7.90. The fraction of sp³-hybridized carbons (Fsp3) is 0.516. The molecular weight excluding hydrogens is 526 g/mol. The predicted octanol–water partition coefficient (Wildman–Crippen LogP) is 3.84. The lowest BCUT2D eigenvalue weighted by atomic mass is 9.66. The lowest BCUT2D eigenvalue weighted by Gasteiger charge is -2.37. The van der Waals surface area contributed by atoms with Crippen molar-refractivity contribution >= 4 is 35.2 Å². The highest BCUT2D eigenvalue weighted by Gasteiger charge is 2.77. The van der Waals surface area contributed by atoms with Crippen molar-refractivity contribution in [2.75, 3.05) is 19.0 Å². The maximum Gasteiger partial charge on any atom is 0.248 e. The van der Waals surface area contributed by atoms with Crippen LogP contribution in [0.15, 0.2) is 54.6 Å². The Morgan fingerprint density at radius 2 is 1.80 bits per heavy atom. The Bertz CT molecular complexity index is 1260. The third-order valence-corrected chi connectivity index (χ3v) is 10.7. The molecule has 9 heteroatoms. The van der Waals surface area contributed by atoms with Crippen LogP contribution in [0.5, 0.6) is 5.75 Å². The topological polar surface area (TPSA) is 108 Å². The molecule has 1 spiro atoms. The fourth-order valence-electron chi connectivity index (χ4n) is 7.06. The van der Waals surface area contributed by atoms with Gasteiger partial charge >= 0.3 is 0 Å². The first-order chi connectivity index (χ1) is 19.1. The average molecular weight is 566 g/mol. The van der Waals surface area contributed by atoms with Crippen molar-refractivity contribution in [2.24, 2.45) is 17.8 Å². The minimum absolute atomic E-state index is 0.153. The summed E-state index contributed by atoms with van der Waals surface area (Å²) in [5, 5.41) is 16.5. The molecule has 6 atom stereocenters. The molecule has 2 aromatic rings. The zero-order chi connectivity index (χ0) is 28.7. The van der Waals surface area contributed by atoms with Crippen molar-refractivity contribution in [1.82, 2.24) is 10.2 Å². The standard InChI is InChI=1S/C31H39N3O5S/c1-19(2)16-22(18-35)34-26(28(37)33-21-10-12-23(39-4)13-11-21)31-15-14-30(3,40-31)24(25(31)29(34)38)27(36)32-17-20-8-6-5-7-9-20/h5-13,19,22,24-26,35H,14-18H2,1-4H3,(H,32,36)(H,33,37)/t22-,24+,25+,26?,30-,31?/m1/s1. The van der Waals surface area contributed by atoms with Gasteiger partial charge in [-0.2, -0.15) is 0 Å². The number of aliphatic hydroxyl groups is 1. The van der Waals surface area contributed by atoms with Crippen LogP contribution in [-0.4, -0.2) is 63.0 Å². The monoisotopic (exact) mass is 565 g/mol. The molecule has 0 radical (unpaired) electrons. The van der Waals surface area contributed by atoms with E-state index in [4.69, 9.17) is 4.74 Å². The number of methoxy groups -OCH3 is 1. The lowest BCUT2D eigenvalue weighted by molar-refractivity contribution is -0.143. The van der Waals surface area contributed by atoms with Crippen LogP contribution in [0.2, 0.25) is 0 Å². The number of nitrogens with one attached hydrogen (secondary N) is 2. The van der Waals surface area contributed by atoms with Gasteiger partial charge in [0, 0.05) is 17.0 Å². The Labute approximate surface area is 240 Å². The second-order valence-corrected chi connectivity index (χ2v) is 13.8. The third kappa shape index (κ3) is 4.87. The summed E-state index contributed by atoms with van der Waals surface area (Å²) in [4.78, 5) is 43.9. The number of ether oxygens (including phenoxy) is 1. The van der Waals surface area contributed by atoms with Gasteiger partial charge in [0.25, 0.3) is 0 Å². The summed E-state index contributed by atoms with van der Waals surface area (Å²) in [6.45, 7) is 6.27. The van der Waals surface area contributed by atoms with Crippen molar-refractivity contribution < 1.29 is 24.2 Å². The molecule has 0 aliphatic carbocycles. The molecule has 0 saturated carbocycles. The van der Waals surface area contributed by atoms with Gasteiger partial charge in [-0.15, -0.1) is 11.8 Å². The molecule has 3 N–H and O–H groups in total. The largest absolute Gasteiger partial charge is 0.497 e. The van der Waals surface area contributed by atoms with E-state index in [1.165, 1.54) is 0 Å². The normalized spacial score (nSPS) is 29.4. The number of hydrogen-bond acceptors (Lipinski definition) is 6. The molecule has 2 unspecified atom stereocenters. The fourth-order valence-corrected chi connectivity index (χ4v) is 9.40. The third-order valence-electron chi connectivity index (χ3n) is 8.76. The number of anilines is 1. The second-order valence-electron chi connectivity index (χ2n) is 11.9. The molecule has 2 bridgehead atoms. The number of likely N-dealkylation sites (tertiary alicyclic amines) is 1. The van der Waals surface area contributed by atoms with Gasteiger partial charge in [-0.1, -0.05) is 44.2 Å². The van der Waals surface area contributed by atoms with Crippen molar-refractivity contribution in [1.29, 1.82) is 0 Å². The SMILES string of the molecule is COc1ccc(NC(=O)C2N([C@@H](CO)CC(C)C)C(=O)[C@@H]3[C@@H](C(=O)NCc4ccccc4)[C@@]4(C)CCC23S4)cc1. The number of hydrogen-bond donors (Lipinski definition) is 3. The summed E-state index contributed by atoms with van der Waals surface area (Å²) in [7, 11) is 1.58. The molecule has 3 fully saturated rings. The molecule has 3 aliphatic rings. The Balaban J connectivity index is 1.49. The highest BCUT2D eigenvalue weighted by molar-refractivity contribution is 8.02. The number of amides is 3. The predicted molar refractivity (Wildman–Crippen MR) is 156 cm³/mol. The van der Waals surface area contributed by atoms with E-state index in [9.17, 15) is 19.5 Å². The van der Waals surface area contributed by atoms with Crippen LogP contribution in [0.25, 0.3) is 0 Å². The molecule has 3 saturated heterocycles. The van der Waals surface area contributed by atoms with Crippen molar-refractivity contribution in [3.8, 4) is 5.75 Å². The maximum atomic E-state index is 14.4. The van der Waals surface area contributed by atoms with Gasteiger partial charge in [0.15, 0.2) is 0 Å². The zero-order valence-electron chi connectivity index (χ0n) is 23.6. The molecule has 8 nitrogen and oxygen atoms in total. The smallest absolute Gasteiger partial charge is 0.248 e. The summed E-state index contributed by atoms with van der Waals surface area (Å²) in [6.07, 6.45) is 1.95. The van der Waals surface area contributed by atoms with Gasteiger partial charge < -0.3 is 25.4 Å². The van der Waals surface area contributed by atoms with Crippen LogP contribution in [-0.2, 0) is 20.9 Å². The average Bonchev–Trinajstić information content (AvgIpc) is 3.52. The first-order valence-electron chi connectivity index (χ1n) is 14.0. The first-order valence-corrected chi connectivity index (χ1v) is 14.8. The van der Waals surface area contributed by atoms with Gasteiger partial charge in [0.1, 0.15) is 11.8 Å². The van der Waals surface area contributed by atoms with Gasteiger partial charge in [0.2, 0.25) is 17.7 Å². The Morgan fingerprint density at radius 1 is 1.10 bits per heavy atom. The van der Waals surface area contributed by atoms with E-state index >= 15 is 0 Å². The molecule has 40 heavy (non-hydrogen) atoms. The molecule has 3 aliphatic heterocycles. The minimum atomic E-state index is -0.804. The van der Waals surface area contributed by atoms with Gasteiger partial charge in [-0.3, -0.25) is 14.4 Å². The number of carbonyl (C=O) groups is 3. The van der Waals surface area contributed by atoms with Crippen molar-refractivity contribution in [2.45, 2.75) is 68.2 Å². The van der Waals surface area contributed by atoms with E-state index in [0.29, 0.717) is 30.8 Å². The summed E-state index contributed by atoms with van der Waals surface area (Å²) in [5.41, 5.74) is 1.59. The highest BCUT2D eigenvalue weighted by Crippen LogP contribution is 2.71. The van der Waals surface area contributed by atoms with Gasteiger partial charge in [-0.05, 0) is 61.9 Å². The van der Waals surface area contributed by atoms with E-state index in [1.54, 1.807) is 48.0 Å². The maximum absolute atomic E-state index is 14.4. The number of carbonyl (C=O) groups excluding carboxylic acids is 3. The van der Waals surface area contributed by atoms with E-state index < -0.39 is 33.4 Å². The van der Waals surface area contributed by atoms with E-state index in [0.717, 1.165) is 12.0 Å². The zero-order valence-corrected chi connectivity index (χ0v) is 24.4. The molecule has 3 amide bonds. The van der Waals surface area contributed by atoms with Crippen LogP contribution < -0.4 is 15.4 Å². The van der Waals surface area contributed by atoms with Gasteiger partial charge in [-0.25, -0.2) is 0 Å². The number of aliphatic hydroxyl groups excluding tert-OH is 1. The summed E-state index contributed by atoms with van der Waals surface area (Å²) < 4.78 is 4.03. The molecule has 214 valence electrons. The number of fused-ring (bicyclic) bond motifs is 1. The number of thioether (sulfide) groups is 1. The summed E-state index contributed by atoms with van der Waals surface area (Å²) in [5.74, 6) is -0.967. The van der Waals surface area contributed by atoms with Crippen molar-refractivity contribution in [3.05, 3.63) is 60.2 Å². The first kappa shape index (κ1) is 28.5. The molecule has 0 aromatic heterocycles. The Hall–Kier alpha value is -3.04. The molecule has 2 aromatic carbocycles. The van der Waals surface area contributed by atoms with Crippen LogP contribution >= 0.6 is 11.8 Å². The lowest BCUT2D eigenvalue weighted by Crippen LogP contribution is -2.55. The van der Waals surface area contributed by atoms with E-state index in [2.05, 4.69) is 17.6 Å². The number of benzene rings is 2. The van der Waals surface area contributed by atoms with Crippen LogP contribution in [0, 0.1) is 17.8 Å². The highest BCUT2D eigenvalue weighted by atomic mass is 32.2. The number of nitrogens with zero attached hydrogens (tertiary/aromatic N) is 1. The van der Waals surface area contributed by atoms with E-state index in [-0.39, 0.29) is 30.2 Å².